The highest BCUT2D eigenvalue weighted by atomic mass is 16.2. The van der Waals surface area contributed by atoms with Gasteiger partial charge in [0.2, 0.25) is 11.9 Å². The Balaban J connectivity index is 1.63. The third-order valence-electron chi connectivity index (χ3n) is 4.30. The molecule has 104 valence electrons. The van der Waals surface area contributed by atoms with E-state index in [1.54, 1.807) is 6.20 Å². The second-order valence-electron chi connectivity index (χ2n) is 6.33. The fourth-order valence-electron chi connectivity index (χ4n) is 3.12. The molecule has 1 aliphatic carbocycles. The largest absolute Gasteiger partial charge is 0.317 e. The van der Waals surface area contributed by atoms with Gasteiger partial charge in [0, 0.05) is 31.4 Å². The molecule has 1 spiro atoms. The topological polar surface area (TPSA) is 59.0 Å². The molecule has 2 atom stereocenters. The molecular weight excluding hydrogens is 240 g/mol. The highest BCUT2D eigenvalue weighted by molar-refractivity contribution is 5.93. The Morgan fingerprint density at radius 3 is 3.21 bits per heavy atom. The second kappa shape index (κ2) is 4.63. The van der Waals surface area contributed by atoms with Gasteiger partial charge in [-0.1, -0.05) is 13.8 Å². The standard InChI is InChI=1S/C14H22N4O/c1-10(2)8-18-6-5-16-13(18)17-12(19)11-7-14(11)3-4-15-9-14/h5-6,10-11,15H,3-4,7-9H2,1-2H3,(H,16,17,19). The Morgan fingerprint density at radius 1 is 1.68 bits per heavy atom. The van der Waals surface area contributed by atoms with E-state index in [0.717, 1.165) is 32.5 Å². The van der Waals surface area contributed by atoms with Gasteiger partial charge >= 0.3 is 0 Å². The van der Waals surface area contributed by atoms with Crippen molar-refractivity contribution in [1.29, 1.82) is 0 Å². The van der Waals surface area contributed by atoms with Gasteiger partial charge in [-0.05, 0) is 30.7 Å². The van der Waals surface area contributed by atoms with Crippen LogP contribution < -0.4 is 10.6 Å². The quantitative estimate of drug-likeness (QED) is 0.864. The molecule has 2 aliphatic rings. The monoisotopic (exact) mass is 262 g/mol. The minimum atomic E-state index is 0.139. The molecule has 3 rings (SSSR count). The van der Waals surface area contributed by atoms with Gasteiger partial charge in [0.25, 0.3) is 0 Å². The maximum atomic E-state index is 12.3. The second-order valence-corrected chi connectivity index (χ2v) is 6.33. The van der Waals surface area contributed by atoms with Crippen molar-refractivity contribution in [2.75, 3.05) is 18.4 Å². The number of nitrogens with one attached hydrogen (secondary N) is 2. The number of aromatic nitrogens is 2. The summed E-state index contributed by atoms with van der Waals surface area (Å²) in [6, 6.07) is 0. The van der Waals surface area contributed by atoms with E-state index in [1.165, 1.54) is 0 Å². The van der Waals surface area contributed by atoms with E-state index < -0.39 is 0 Å². The molecule has 19 heavy (non-hydrogen) atoms. The fourth-order valence-corrected chi connectivity index (χ4v) is 3.12. The summed E-state index contributed by atoms with van der Waals surface area (Å²) in [6.45, 7) is 7.24. The normalized spacial score (nSPS) is 29.1. The maximum absolute atomic E-state index is 12.3. The van der Waals surface area contributed by atoms with Crippen LogP contribution in [0.1, 0.15) is 26.7 Å². The summed E-state index contributed by atoms with van der Waals surface area (Å²) in [6.07, 6.45) is 5.83. The van der Waals surface area contributed by atoms with Crippen LogP contribution in [0, 0.1) is 17.3 Å². The number of rotatable bonds is 4. The molecule has 2 N–H and O–H groups in total. The Bertz CT molecular complexity index is 474. The van der Waals surface area contributed by atoms with Crippen LogP contribution in [0.2, 0.25) is 0 Å². The molecule has 2 unspecified atom stereocenters. The van der Waals surface area contributed by atoms with Gasteiger partial charge in [0.05, 0.1) is 0 Å². The lowest BCUT2D eigenvalue weighted by molar-refractivity contribution is -0.118. The maximum Gasteiger partial charge on any atom is 0.230 e. The third kappa shape index (κ3) is 2.39. The van der Waals surface area contributed by atoms with Crippen molar-refractivity contribution in [2.45, 2.75) is 33.2 Å². The zero-order chi connectivity index (χ0) is 13.5. The minimum Gasteiger partial charge on any atom is -0.317 e. The predicted molar refractivity (Wildman–Crippen MR) is 73.7 cm³/mol. The van der Waals surface area contributed by atoms with Gasteiger partial charge in [-0.25, -0.2) is 4.98 Å². The molecular formula is C14H22N4O. The lowest BCUT2D eigenvalue weighted by Gasteiger charge is -2.12. The third-order valence-corrected chi connectivity index (χ3v) is 4.30. The van der Waals surface area contributed by atoms with Crippen LogP contribution in [0.4, 0.5) is 5.95 Å². The summed E-state index contributed by atoms with van der Waals surface area (Å²) in [5, 5.41) is 6.35. The molecule has 1 saturated carbocycles. The van der Waals surface area contributed by atoms with E-state index in [0.29, 0.717) is 11.9 Å². The van der Waals surface area contributed by atoms with Crippen LogP contribution in [-0.4, -0.2) is 28.5 Å². The van der Waals surface area contributed by atoms with E-state index in [-0.39, 0.29) is 17.2 Å². The Kier molecular flexibility index (Phi) is 3.09. The zero-order valence-corrected chi connectivity index (χ0v) is 11.6. The summed E-state index contributed by atoms with van der Waals surface area (Å²) in [4.78, 5) is 16.5. The smallest absolute Gasteiger partial charge is 0.230 e. The van der Waals surface area contributed by atoms with E-state index in [9.17, 15) is 4.79 Å². The molecule has 1 aromatic heterocycles. The molecule has 0 bridgehead atoms. The number of hydrogen-bond donors (Lipinski definition) is 2. The van der Waals surface area contributed by atoms with Gasteiger partial charge in [0.15, 0.2) is 0 Å². The van der Waals surface area contributed by atoms with E-state index in [2.05, 4.69) is 29.5 Å². The number of imidazole rings is 1. The summed E-state index contributed by atoms with van der Waals surface area (Å²) in [5.74, 6) is 1.54. The fraction of sp³-hybridized carbons (Fsp3) is 0.714. The molecule has 1 aromatic rings. The summed E-state index contributed by atoms with van der Waals surface area (Å²) in [5.41, 5.74) is 0.250. The van der Waals surface area contributed by atoms with Crippen LogP contribution in [0.25, 0.3) is 0 Å². The first-order valence-electron chi connectivity index (χ1n) is 7.13. The molecule has 1 aliphatic heterocycles. The highest BCUT2D eigenvalue weighted by Crippen LogP contribution is 2.56. The average Bonchev–Trinajstić information content (AvgIpc) is 2.68. The number of amides is 1. The van der Waals surface area contributed by atoms with Crippen LogP contribution >= 0.6 is 0 Å². The van der Waals surface area contributed by atoms with Gasteiger partial charge < -0.3 is 9.88 Å². The first-order chi connectivity index (χ1) is 9.11. The SMILES string of the molecule is CC(C)Cn1ccnc1NC(=O)C1CC12CCNC2. The number of anilines is 1. The van der Waals surface area contributed by atoms with Gasteiger partial charge in [-0.2, -0.15) is 0 Å². The number of nitrogens with zero attached hydrogens (tertiary/aromatic N) is 2. The van der Waals surface area contributed by atoms with E-state index >= 15 is 0 Å². The Labute approximate surface area is 113 Å². The average molecular weight is 262 g/mol. The molecule has 5 nitrogen and oxygen atoms in total. The molecule has 1 amide bonds. The summed E-state index contributed by atoms with van der Waals surface area (Å²) >= 11 is 0. The highest BCUT2D eigenvalue weighted by Gasteiger charge is 2.59. The zero-order valence-electron chi connectivity index (χ0n) is 11.6. The first kappa shape index (κ1) is 12.7. The predicted octanol–water partition coefficient (Wildman–Crippen LogP) is 1.48. The van der Waals surface area contributed by atoms with Crippen molar-refractivity contribution in [1.82, 2.24) is 14.9 Å². The van der Waals surface area contributed by atoms with Crippen LogP contribution in [-0.2, 0) is 11.3 Å². The summed E-state index contributed by atoms with van der Waals surface area (Å²) in [7, 11) is 0. The van der Waals surface area contributed by atoms with Crippen molar-refractivity contribution in [2.24, 2.45) is 17.3 Å². The number of hydrogen-bond acceptors (Lipinski definition) is 3. The Hall–Kier alpha value is -1.36. The van der Waals surface area contributed by atoms with Crippen molar-refractivity contribution < 1.29 is 4.79 Å². The van der Waals surface area contributed by atoms with Gasteiger partial charge in [-0.15, -0.1) is 0 Å². The molecule has 1 saturated heterocycles. The number of carbonyl (C=O) groups is 1. The van der Waals surface area contributed by atoms with E-state index in [4.69, 9.17) is 0 Å². The molecule has 5 heteroatoms. The van der Waals surface area contributed by atoms with Crippen LogP contribution in [0.15, 0.2) is 12.4 Å². The molecule has 0 radical (unpaired) electrons. The first-order valence-corrected chi connectivity index (χ1v) is 7.13. The summed E-state index contributed by atoms with van der Waals surface area (Å²) < 4.78 is 2.02. The van der Waals surface area contributed by atoms with Crippen molar-refractivity contribution in [3.63, 3.8) is 0 Å². The van der Waals surface area contributed by atoms with E-state index in [1.807, 2.05) is 10.8 Å². The Morgan fingerprint density at radius 2 is 2.53 bits per heavy atom. The lowest BCUT2D eigenvalue weighted by Crippen LogP contribution is -2.22. The van der Waals surface area contributed by atoms with Gasteiger partial charge in [0.1, 0.15) is 0 Å². The van der Waals surface area contributed by atoms with Crippen molar-refractivity contribution in [3.8, 4) is 0 Å². The van der Waals surface area contributed by atoms with Gasteiger partial charge in [-0.3, -0.25) is 10.1 Å². The van der Waals surface area contributed by atoms with Crippen LogP contribution in [0.3, 0.4) is 0 Å². The lowest BCUT2D eigenvalue weighted by atomic mass is 10.0. The molecule has 0 aromatic carbocycles. The molecule has 2 fully saturated rings. The van der Waals surface area contributed by atoms with Crippen LogP contribution in [0.5, 0.6) is 0 Å². The number of carbonyl (C=O) groups excluding carboxylic acids is 1. The van der Waals surface area contributed by atoms with Crippen molar-refractivity contribution >= 4 is 11.9 Å². The van der Waals surface area contributed by atoms with Crippen molar-refractivity contribution in [3.05, 3.63) is 12.4 Å². The minimum absolute atomic E-state index is 0.139. The molecule has 2 heterocycles.